The van der Waals surface area contributed by atoms with Gasteiger partial charge in [0.15, 0.2) is 0 Å². The molecule has 0 aliphatic carbocycles. The number of halogens is 1. The van der Waals surface area contributed by atoms with Crippen LogP contribution in [0.4, 0.5) is 10.1 Å². The topological polar surface area (TPSA) is 70.7 Å². The van der Waals surface area contributed by atoms with Crippen molar-refractivity contribution in [3.63, 3.8) is 0 Å². The number of hydrogen-bond acceptors (Lipinski definition) is 4. The lowest BCUT2D eigenvalue weighted by molar-refractivity contribution is -0.121. The average molecular weight is 428 g/mol. The van der Waals surface area contributed by atoms with Gasteiger partial charge in [0, 0.05) is 33.4 Å². The van der Waals surface area contributed by atoms with Gasteiger partial charge in [0.05, 0.1) is 17.2 Å². The Balaban J connectivity index is 1.58. The molecule has 0 unspecified atom stereocenters. The lowest BCUT2D eigenvalue weighted by atomic mass is 9.96. The Morgan fingerprint density at radius 1 is 1.16 bits per heavy atom. The first-order chi connectivity index (χ1) is 15.1. The number of para-hydroxylation sites is 1. The Morgan fingerprint density at radius 2 is 1.94 bits per heavy atom. The fourth-order valence-electron chi connectivity index (χ4n) is 3.80. The van der Waals surface area contributed by atoms with E-state index >= 15 is 0 Å². The minimum absolute atomic E-state index is 0.0801. The van der Waals surface area contributed by atoms with E-state index in [0.29, 0.717) is 37.5 Å². The standard InChI is InChI=1S/C24H30FN3O3/c1-31-15-5-13-26-24(30)21-7-2-3-8-22(21)27-23(29)19-6-4-14-28(17-19)16-18-9-11-20(25)12-10-18/h2-3,7-12,19H,4-6,13-17H2,1H3,(H,26,30)(H,27,29)/t19-/m1/s1. The third-order valence-electron chi connectivity index (χ3n) is 5.44. The van der Waals surface area contributed by atoms with Crippen LogP contribution in [0.25, 0.3) is 0 Å². The van der Waals surface area contributed by atoms with Crippen molar-refractivity contribution in [2.45, 2.75) is 25.8 Å². The molecule has 166 valence electrons. The van der Waals surface area contributed by atoms with Crippen LogP contribution in [0.2, 0.25) is 0 Å². The Hall–Kier alpha value is -2.77. The highest BCUT2D eigenvalue weighted by atomic mass is 19.1. The van der Waals surface area contributed by atoms with Crippen molar-refractivity contribution >= 4 is 17.5 Å². The molecule has 1 atom stereocenters. The molecule has 1 heterocycles. The average Bonchev–Trinajstić information content (AvgIpc) is 2.79. The molecule has 7 heteroatoms. The summed E-state index contributed by atoms with van der Waals surface area (Å²) < 4.78 is 18.1. The van der Waals surface area contributed by atoms with Gasteiger partial charge in [-0.05, 0) is 55.6 Å². The molecule has 2 N–H and O–H groups in total. The van der Waals surface area contributed by atoms with E-state index in [2.05, 4.69) is 15.5 Å². The van der Waals surface area contributed by atoms with Crippen LogP contribution in [0.15, 0.2) is 48.5 Å². The van der Waals surface area contributed by atoms with Crippen molar-refractivity contribution < 1.29 is 18.7 Å². The summed E-state index contributed by atoms with van der Waals surface area (Å²) >= 11 is 0. The number of amides is 2. The van der Waals surface area contributed by atoms with E-state index in [-0.39, 0.29) is 23.5 Å². The van der Waals surface area contributed by atoms with Crippen LogP contribution < -0.4 is 10.6 Å². The second kappa shape index (κ2) is 11.6. The number of carbonyl (C=O) groups excluding carboxylic acids is 2. The summed E-state index contributed by atoms with van der Waals surface area (Å²) in [5.74, 6) is -0.704. The molecule has 2 aromatic rings. The SMILES string of the molecule is COCCCNC(=O)c1ccccc1NC(=O)[C@@H]1CCCN(Cc2ccc(F)cc2)C1. The molecule has 2 aromatic carbocycles. The first-order valence-corrected chi connectivity index (χ1v) is 10.7. The van der Waals surface area contributed by atoms with Gasteiger partial charge >= 0.3 is 0 Å². The summed E-state index contributed by atoms with van der Waals surface area (Å²) in [6.07, 6.45) is 2.45. The molecule has 1 saturated heterocycles. The first-order valence-electron chi connectivity index (χ1n) is 10.7. The molecule has 0 bridgehead atoms. The molecule has 0 radical (unpaired) electrons. The fraction of sp³-hybridized carbons (Fsp3) is 0.417. The predicted octanol–water partition coefficient (Wildman–Crippen LogP) is 3.44. The molecule has 1 aliphatic rings. The maximum atomic E-state index is 13.1. The molecule has 0 saturated carbocycles. The zero-order valence-electron chi connectivity index (χ0n) is 17.9. The summed E-state index contributed by atoms with van der Waals surface area (Å²) in [6.45, 7) is 3.31. The second-order valence-corrected chi connectivity index (χ2v) is 7.84. The van der Waals surface area contributed by atoms with Gasteiger partial charge in [0.1, 0.15) is 5.82 Å². The molecule has 1 fully saturated rings. The van der Waals surface area contributed by atoms with Gasteiger partial charge in [-0.2, -0.15) is 0 Å². The van der Waals surface area contributed by atoms with Crippen LogP contribution in [0.1, 0.15) is 35.2 Å². The van der Waals surface area contributed by atoms with Crippen LogP contribution in [-0.2, 0) is 16.1 Å². The highest BCUT2D eigenvalue weighted by Crippen LogP contribution is 2.22. The largest absolute Gasteiger partial charge is 0.385 e. The Kier molecular flexibility index (Phi) is 8.55. The van der Waals surface area contributed by atoms with Crippen molar-refractivity contribution in [2.75, 3.05) is 38.7 Å². The molecule has 3 rings (SSSR count). The molecule has 31 heavy (non-hydrogen) atoms. The number of piperidine rings is 1. The number of methoxy groups -OCH3 is 1. The van der Waals surface area contributed by atoms with E-state index in [1.807, 2.05) is 0 Å². The Bertz CT molecular complexity index is 873. The molecular weight excluding hydrogens is 397 g/mol. The number of likely N-dealkylation sites (tertiary alicyclic amines) is 1. The summed E-state index contributed by atoms with van der Waals surface area (Å²) in [7, 11) is 1.62. The number of anilines is 1. The molecule has 0 aromatic heterocycles. The zero-order valence-corrected chi connectivity index (χ0v) is 17.9. The van der Waals surface area contributed by atoms with Gasteiger partial charge < -0.3 is 15.4 Å². The quantitative estimate of drug-likeness (QED) is 0.602. The zero-order chi connectivity index (χ0) is 22.1. The maximum Gasteiger partial charge on any atom is 0.253 e. The number of ether oxygens (including phenoxy) is 1. The maximum absolute atomic E-state index is 13.1. The van der Waals surface area contributed by atoms with Gasteiger partial charge in [-0.25, -0.2) is 4.39 Å². The lowest BCUT2D eigenvalue weighted by Crippen LogP contribution is -2.40. The summed E-state index contributed by atoms with van der Waals surface area (Å²) in [4.78, 5) is 27.7. The fourth-order valence-corrected chi connectivity index (χ4v) is 3.80. The van der Waals surface area contributed by atoms with E-state index in [4.69, 9.17) is 4.74 Å². The third kappa shape index (κ3) is 6.87. The van der Waals surface area contributed by atoms with E-state index in [1.54, 1.807) is 43.5 Å². The first kappa shape index (κ1) is 22.9. The van der Waals surface area contributed by atoms with Crippen molar-refractivity contribution in [3.05, 3.63) is 65.5 Å². The summed E-state index contributed by atoms with van der Waals surface area (Å²) in [5.41, 5.74) is 2.00. The molecule has 6 nitrogen and oxygen atoms in total. The summed E-state index contributed by atoms with van der Waals surface area (Å²) in [6, 6.07) is 13.5. The minimum Gasteiger partial charge on any atom is -0.385 e. The van der Waals surface area contributed by atoms with E-state index in [0.717, 1.165) is 31.4 Å². The smallest absolute Gasteiger partial charge is 0.253 e. The van der Waals surface area contributed by atoms with E-state index < -0.39 is 0 Å². The second-order valence-electron chi connectivity index (χ2n) is 7.84. The van der Waals surface area contributed by atoms with E-state index in [1.165, 1.54) is 12.1 Å². The number of rotatable bonds is 9. The van der Waals surface area contributed by atoms with Gasteiger partial charge in [-0.1, -0.05) is 24.3 Å². The number of benzene rings is 2. The number of nitrogens with one attached hydrogen (secondary N) is 2. The van der Waals surface area contributed by atoms with Gasteiger partial charge in [0.25, 0.3) is 5.91 Å². The van der Waals surface area contributed by atoms with Crippen molar-refractivity contribution in [3.8, 4) is 0 Å². The van der Waals surface area contributed by atoms with Gasteiger partial charge in [-0.3, -0.25) is 14.5 Å². The third-order valence-corrected chi connectivity index (χ3v) is 5.44. The van der Waals surface area contributed by atoms with Gasteiger partial charge in [0.2, 0.25) is 5.91 Å². The van der Waals surface area contributed by atoms with Crippen molar-refractivity contribution in [2.24, 2.45) is 5.92 Å². The normalized spacial score (nSPS) is 16.6. The molecule has 2 amide bonds. The lowest BCUT2D eigenvalue weighted by Gasteiger charge is -2.32. The Labute approximate surface area is 182 Å². The minimum atomic E-state index is -0.249. The molecule has 0 spiro atoms. The van der Waals surface area contributed by atoms with Crippen molar-refractivity contribution in [1.29, 1.82) is 0 Å². The number of nitrogens with zero attached hydrogens (tertiary/aromatic N) is 1. The van der Waals surface area contributed by atoms with Gasteiger partial charge in [-0.15, -0.1) is 0 Å². The molecule has 1 aliphatic heterocycles. The Morgan fingerprint density at radius 3 is 2.71 bits per heavy atom. The van der Waals surface area contributed by atoms with Crippen LogP contribution in [0, 0.1) is 11.7 Å². The van der Waals surface area contributed by atoms with E-state index in [9.17, 15) is 14.0 Å². The van der Waals surface area contributed by atoms with Crippen molar-refractivity contribution in [1.82, 2.24) is 10.2 Å². The number of hydrogen-bond donors (Lipinski definition) is 2. The highest BCUT2D eigenvalue weighted by molar-refractivity contribution is 6.04. The highest BCUT2D eigenvalue weighted by Gasteiger charge is 2.26. The molecular formula is C24H30FN3O3. The predicted molar refractivity (Wildman–Crippen MR) is 118 cm³/mol. The van der Waals surface area contributed by atoms with Crippen LogP contribution in [0.5, 0.6) is 0 Å². The monoisotopic (exact) mass is 427 g/mol. The van der Waals surface area contributed by atoms with Crippen LogP contribution in [0.3, 0.4) is 0 Å². The summed E-state index contributed by atoms with van der Waals surface area (Å²) in [5, 5.41) is 5.81. The van der Waals surface area contributed by atoms with Crippen LogP contribution in [-0.4, -0.2) is 50.1 Å². The van der Waals surface area contributed by atoms with Crippen LogP contribution >= 0.6 is 0 Å². The number of carbonyl (C=O) groups is 2.